The summed E-state index contributed by atoms with van der Waals surface area (Å²) < 4.78 is 2.45. The smallest absolute Gasteiger partial charge is 0.0544 e. The molecule has 10 rings (SSSR count). The second-order valence-corrected chi connectivity index (χ2v) is 13.3. The van der Waals surface area contributed by atoms with E-state index in [1.807, 2.05) is 0 Å². The van der Waals surface area contributed by atoms with Crippen LogP contribution in [-0.2, 0) is 5.41 Å². The molecule has 0 saturated heterocycles. The minimum Gasteiger partial charge on any atom is -0.309 e. The first-order chi connectivity index (χ1) is 22.6. The summed E-state index contributed by atoms with van der Waals surface area (Å²) in [6.45, 7) is 4.79. The van der Waals surface area contributed by atoms with Crippen molar-refractivity contribution in [1.82, 2.24) is 4.57 Å². The van der Waals surface area contributed by atoms with Gasteiger partial charge >= 0.3 is 0 Å². The van der Waals surface area contributed by atoms with E-state index in [4.69, 9.17) is 0 Å². The molecule has 0 unspecified atom stereocenters. The Hall–Kier alpha value is -5.66. The highest BCUT2D eigenvalue weighted by Gasteiger charge is 2.38. The van der Waals surface area contributed by atoms with Crippen LogP contribution in [0.3, 0.4) is 0 Å². The SMILES string of the molecule is CC1(C)c2ccccc2-c2ccc3c(c21)c1cc(-c2ccc4c5ccccc5c5ccccc5c4c2)ccc1n3-c1ccccc1. The van der Waals surface area contributed by atoms with Gasteiger partial charge in [-0.25, -0.2) is 0 Å². The molecule has 1 aliphatic rings. The molecule has 1 heteroatoms. The highest BCUT2D eigenvalue weighted by molar-refractivity contribution is 6.26. The lowest BCUT2D eigenvalue weighted by Gasteiger charge is -2.22. The number of hydrogen-bond donors (Lipinski definition) is 0. The molecule has 216 valence electrons. The van der Waals surface area contributed by atoms with Gasteiger partial charge in [-0.1, -0.05) is 129 Å². The number of para-hydroxylation sites is 1. The van der Waals surface area contributed by atoms with Gasteiger partial charge in [-0.3, -0.25) is 0 Å². The molecule has 1 heterocycles. The molecule has 0 amide bonds. The molecule has 46 heavy (non-hydrogen) atoms. The quantitative estimate of drug-likeness (QED) is 0.178. The Balaban J connectivity index is 1.29. The zero-order valence-electron chi connectivity index (χ0n) is 25.9. The monoisotopic (exact) mass is 585 g/mol. The van der Waals surface area contributed by atoms with Gasteiger partial charge in [0.05, 0.1) is 11.0 Å². The van der Waals surface area contributed by atoms with E-state index in [2.05, 4.69) is 170 Å². The van der Waals surface area contributed by atoms with Gasteiger partial charge in [0.2, 0.25) is 0 Å². The molecule has 0 saturated carbocycles. The summed E-state index contributed by atoms with van der Waals surface area (Å²) in [5.74, 6) is 0. The number of fused-ring (bicyclic) bond motifs is 13. The Morgan fingerprint density at radius 2 is 0.957 bits per heavy atom. The van der Waals surface area contributed by atoms with E-state index in [9.17, 15) is 0 Å². The lowest BCUT2D eigenvalue weighted by Crippen LogP contribution is -2.15. The Morgan fingerprint density at radius 3 is 1.67 bits per heavy atom. The van der Waals surface area contributed by atoms with Crippen molar-refractivity contribution in [2.75, 3.05) is 0 Å². The lowest BCUT2D eigenvalue weighted by atomic mass is 9.80. The molecule has 1 aromatic heterocycles. The third-order valence-corrected chi connectivity index (χ3v) is 10.5. The van der Waals surface area contributed by atoms with Crippen LogP contribution >= 0.6 is 0 Å². The zero-order chi connectivity index (χ0) is 30.6. The molecule has 9 aromatic rings. The first-order valence-corrected chi connectivity index (χ1v) is 16.2. The molecule has 0 radical (unpaired) electrons. The largest absolute Gasteiger partial charge is 0.309 e. The average molecular weight is 586 g/mol. The van der Waals surface area contributed by atoms with E-state index >= 15 is 0 Å². The van der Waals surface area contributed by atoms with Gasteiger partial charge in [0.1, 0.15) is 0 Å². The maximum absolute atomic E-state index is 2.45. The minimum atomic E-state index is -0.111. The van der Waals surface area contributed by atoms with Gasteiger partial charge in [-0.05, 0) is 102 Å². The van der Waals surface area contributed by atoms with Crippen LogP contribution in [0.5, 0.6) is 0 Å². The van der Waals surface area contributed by atoms with Crippen molar-refractivity contribution in [2.45, 2.75) is 19.3 Å². The molecule has 8 aromatic carbocycles. The second kappa shape index (κ2) is 9.19. The van der Waals surface area contributed by atoms with Crippen LogP contribution in [0, 0.1) is 0 Å². The summed E-state index contributed by atoms with van der Waals surface area (Å²) >= 11 is 0. The minimum absolute atomic E-state index is 0.111. The van der Waals surface area contributed by atoms with Crippen LogP contribution in [-0.4, -0.2) is 4.57 Å². The Kier molecular flexibility index (Phi) is 5.12. The molecule has 0 spiro atoms. The molecule has 1 nitrogen and oxygen atoms in total. The van der Waals surface area contributed by atoms with Gasteiger partial charge in [0.15, 0.2) is 0 Å². The van der Waals surface area contributed by atoms with Crippen molar-refractivity contribution >= 4 is 54.1 Å². The van der Waals surface area contributed by atoms with Crippen molar-refractivity contribution in [1.29, 1.82) is 0 Å². The van der Waals surface area contributed by atoms with Crippen molar-refractivity contribution in [2.24, 2.45) is 0 Å². The Morgan fingerprint density at radius 1 is 0.413 bits per heavy atom. The van der Waals surface area contributed by atoms with E-state index in [0.717, 1.165) is 0 Å². The number of hydrogen-bond acceptors (Lipinski definition) is 0. The van der Waals surface area contributed by atoms with Gasteiger partial charge in [0, 0.05) is 21.9 Å². The fourth-order valence-corrected chi connectivity index (χ4v) is 8.50. The number of aromatic nitrogens is 1. The third kappa shape index (κ3) is 3.35. The van der Waals surface area contributed by atoms with Crippen LogP contribution in [0.25, 0.3) is 82.1 Å². The molecule has 0 N–H and O–H groups in total. The van der Waals surface area contributed by atoms with Gasteiger partial charge < -0.3 is 4.57 Å². The first kappa shape index (κ1) is 25.6. The fourth-order valence-electron chi connectivity index (χ4n) is 8.50. The highest BCUT2D eigenvalue weighted by Crippen LogP contribution is 2.53. The topological polar surface area (TPSA) is 4.93 Å². The maximum Gasteiger partial charge on any atom is 0.0544 e. The number of benzene rings is 8. The summed E-state index contributed by atoms with van der Waals surface area (Å²) in [4.78, 5) is 0. The van der Waals surface area contributed by atoms with Crippen LogP contribution < -0.4 is 0 Å². The summed E-state index contributed by atoms with van der Waals surface area (Å²) in [5.41, 5.74) is 11.6. The predicted molar refractivity (Wildman–Crippen MR) is 196 cm³/mol. The van der Waals surface area contributed by atoms with Crippen molar-refractivity contribution in [3.8, 4) is 27.9 Å². The summed E-state index contributed by atoms with van der Waals surface area (Å²) in [5, 5.41) is 10.5. The van der Waals surface area contributed by atoms with Crippen LogP contribution in [0.1, 0.15) is 25.0 Å². The molecule has 0 atom stereocenters. The van der Waals surface area contributed by atoms with Crippen molar-refractivity contribution in [3.63, 3.8) is 0 Å². The predicted octanol–water partition coefficient (Wildman–Crippen LogP) is 12.2. The number of rotatable bonds is 2. The Labute approximate surface area is 268 Å². The molecular weight excluding hydrogens is 555 g/mol. The molecule has 1 aliphatic carbocycles. The van der Waals surface area contributed by atoms with Crippen LogP contribution in [0.2, 0.25) is 0 Å². The third-order valence-electron chi connectivity index (χ3n) is 10.5. The van der Waals surface area contributed by atoms with Gasteiger partial charge in [-0.2, -0.15) is 0 Å². The van der Waals surface area contributed by atoms with E-state index < -0.39 is 0 Å². The molecule has 0 fully saturated rings. The summed E-state index contributed by atoms with van der Waals surface area (Å²) in [7, 11) is 0. The van der Waals surface area contributed by atoms with Gasteiger partial charge in [0.25, 0.3) is 0 Å². The highest BCUT2D eigenvalue weighted by atomic mass is 15.0. The van der Waals surface area contributed by atoms with Crippen molar-refractivity contribution < 1.29 is 0 Å². The Bertz CT molecular complexity index is 2670. The molecule has 0 aliphatic heterocycles. The molecule has 0 bridgehead atoms. The van der Waals surface area contributed by atoms with Gasteiger partial charge in [-0.15, -0.1) is 0 Å². The average Bonchev–Trinajstić information content (AvgIpc) is 3.56. The van der Waals surface area contributed by atoms with Crippen molar-refractivity contribution in [3.05, 3.63) is 163 Å². The number of nitrogens with zero attached hydrogens (tertiary/aromatic N) is 1. The normalized spacial score (nSPS) is 13.6. The van der Waals surface area contributed by atoms with E-state index in [1.165, 1.54) is 93.2 Å². The zero-order valence-corrected chi connectivity index (χ0v) is 25.9. The van der Waals surface area contributed by atoms with E-state index in [-0.39, 0.29) is 5.41 Å². The fraction of sp³-hybridized carbons (Fsp3) is 0.0667. The molecular formula is C45H31N. The lowest BCUT2D eigenvalue weighted by molar-refractivity contribution is 0.666. The van der Waals surface area contributed by atoms with Crippen LogP contribution in [0.15, 0.2) is 152 Å². The standard InChI is InChI=1S/C45H31N/c1-45(2)40-19-11-10-18-36(40)37-23-25-42-43(44(37)45)39-27-29(21-24-41(39)46(42)30-12-4-3-5-13-30)28-20-22-35-33-16-7-6-14-31(33)32-15-8-9-17-34(32)38(35)26-28/h3-27H,1-2H3. The summed E-state index contributed by atoms with van der Waals surface area (Å²) in [6, 6.07) is 56.2. The van der Waals surface area contributed by atoms with E-state index in [0.29, 0.717) is 0 Å². The van der Waals surface area contributed by atoms with Crippen LogP contribution in [0.4, 0.5) is 0 Å². The maximum atomic E-state index is 2.45. The first-order valence-electron chi connectivity index (χ1n) is 16.2. The van der Waals surface area contributed by atoms with E-state index in [1.54, 1.807) is 0 Å². The summed E-state index contributed by atoms with van der Waals surface area (Å²) in [6.07, 6.45) is 0. The second-order valence-electron chi connectivity index (χ2n) is 13.3.